The van der Waals surface area contributed by atoms with Crippen molar-refractivity contribution in [1.29, 1.82) is 0 Å². The molecule has 0 bridgehead atoms. The average molecular weight is 255 g/mol. The Labute approximate surface area is 109 Å². The molecule has 0 aromatic carbocycles. The van der Waals surface area contributed by atoms with Gasteiger partial charge in [-0.05, 0) is 26.3 Å². The van der Waals surface area contributed by atoms with Gasteiger partial charge in [0.15, 0.2) is 0 Å². The number of ether oxygens (including phenoxy) is 2. The van der Waals surface area contributed by atoms with Crippen LogP contribution in [0.2, 0.25) is 0 Å². The van der Waals surface area contributed by atoms with Gasteiger partial charge in [-0.3, -0.25) is 0 Å². The van der Waals surface area contributed by atoms with Crippen LogP contribution in [0.5, 0.6) is 0 Å². The summed E-state index contributed by atoms with van der Waals surface area (Å²) in [6.07, 6.45) is 5.99. The van der Waals surface area contributed by atoms with Gasteiger partial charge in [0.25, 0.3) is 0 Å². The van der Waals surface area contributed by atoms with Crippen LogP contribution in [0.3, 0.4) is 0 Å². The van der Waals surface area contributed by atoms with E-state index in [-0.39, 0.29) is 0 Å². The lowest BCUT2D eigenvalue weighted by molar-refractivity contribution is 0.0687. The molecular weight excluding hydrogens is 230 g/mol. The predicted octanol–water partition coefficient (Wildman–Crippen LogP) is 1.51. The second kappa shape index (κ2) is 9.08. The van der Waals surface area contributed by atoms with E-state index in [0.29, 0.717) is 19.3 Å². The van der Waals surface area contributed by atoms with Crippen molar-refractivity contribution in [2.75, 3.05) is 33.5 Å². The first-order valence-electron chi connectivity index (χ1n) is 6.53. The molecule has 1 aromatic rings. The first-order valence-corrected chi connectivity index (χ1v) is 6.53. The van der Waals surface area contributed by atoms with Crippen molar-refractivity contribution >= 4 is 0 Å². The summed E-state index contributed by atoms with van der Waals surface area (Å²) in [4.78, 5) is 4.33. The normalized spacial score (nSPS) is 12.8. The van der Waals surface area contributed by atoms with Crippen LogP contribution in [0.1, 0.15) is 31.6 Å². The first-order chi connectivity index (χ1) is 8.75. The minimum atomic E-state index is 0.291. The third-order valence-corrected chi connectivity index (χ3v) is 2.84. The predicted molar refractivity (Wildman–Crippen MR) is 71.6 cm³/mol. The van der Waals surface area contributed by atoms with Gasteiger partial charge in [-0.1, -0.05) is 0 Å². The molecule has 0 aliphatic rings. The number of aryl methyl sites for hydroxylation is 1. The summed E-state index contributed by atoms with van der Waals surface area (Å²) in [5, 5.41) is 3.46. The van der Waals surface area contributed by atoms with Gasteiger partial charge in [-0.15, -0.1) is 0 Å². The molecule has 0 aliphatic carbocycles. The zero-order chi connectivity index (χ0) is 13.2. The molecule has 0 aliphatic heterocycles. The Hall–Kier alpha value is -0.910. The lowest BCUT2D eigenvalue weighted by Crippen LogP contribution is -2.22. The molecule has 0 fully saturated rings. The van der Waals surface area contributed by atoms with Crippen LogP contribution >= 0.6 is 0 Å². The smallest absolute Gasteiger partial charge is 0.125 e. The molecule has 0 saturated heterocycles. The molecule has 0 saturated carbocycles. The molecule has 0 amide bonds. The number of aromatic nitrogens is 2. The first kappa shape index (κ1) is 15.1. The zero-order valence-electron chi connectivity index (χ0n) is 11.7. The summed E-state index contributed by atoms with van der Waals surface area (Å²) in [5.41, 5.74) is 0. The fourth-order valence-electron chi connectivity index (χ4n) is 1.78. The number of nitrogens with zero attached hydrogens (tertiary/aromatic N) is 2. The fourth-order valence-corrected chi connectivity index (χ4v) is 1.78. The van der Waals surface area contributed by atoms with E-state index in [0.717, 1.165) is 31.8 Å². The van der Waals surface area contributed by atoms with Crippen LogP contribution in [0, 0.1) is 0 Å². The molecule has 0 spiro atoms. The summed E-state index contributed by atoms with van der Waals surface area (Å²) < 4.78 is 12.4. The van der Waals surface area contributed by atoms with E-state index in [9.17, 15) is 0 Å². The quantitative estimate of drug-likeness (QED) is 0.644. The number of rotatable bonds is 10. The van der Waals surface area contributed by atoms with Crippen LogP contribution < -0.4 is 5.32 Å². The Kier molecular flexibility index (Phi) is 7.64. The summed E-state index contributed by atoms with van der Waals surface area (Å²) in [6, 6.07) is 0.291. The van der Waals surface area contributed by atoms with Crippen LogP contribution in [0.25, 0.3) is 0 Å². The lowest BCUT2D eigenvalue weighted by Gasteiger charge is -2.13. The highest BCUT2D eigenvalue weighted by molar-refractivity contribution is 4.96. The van der Waals surface area contributed by atoms with Crippen LogP contribution in [-0.4, -0.2) is 43.0 Å². The van der Waals surface area contributed by atoms with Crippen molar-refractivity contribution in [3.05, 3.63) is 18.2 Å². The maximum Gasteiger partial charge on any atom is 0.125 e. The van der Waals surface area contributed by atoms with Crippen molar-refractivity contribution in [1.82, 2.24) is 14.9 Å². The van der Waals surface area contributed by atoms with Gasteiger partial charge in [0.2, 0.25) is 0 Å². The van der Waals surface area contributed by atoms with E-state index >= 15 is 0 Å². The van der Waals surface area contributed by atoms with E-state index in [4.69, 9.17) is 9.47 Å². The molecule has 1 atom stereocenters. The molecule has 18 heavy (non-hydrogen) atoms. The van der Waals surface area contributed by atoms with Crippen molar-refractivity contribution in [2.24, 2.45) is 7.05 Å². The Morgan fingerprint density at radius 3 is 2.83 bits per heavy atom. The van der Waals surface area contributed by atoms with E-state index in [1.54, 1.807) is 7.11 Å². The minimum Gasteiger partial charge on any atom is -0.382 e. The number of methoxy groups -OCH3 is 1. The molecule has 1 heterocycles. The Morgan fingerprint density at radius 1 is 1.33 bits per heavy atom. The van der Waals surface area contributed by atoms with Gasteiger partial charge in [0, 0.05) is 33.2 Å². The summed E-state index contributed by atoms with van der Waals surface area (Å²) in [5.74, 6) is 1.08. The molecule has 1 aromatic heterocycles. The van der Waals surface area contributed by atoms with Gasteiger partial charge in [-0.2, -0.15) is 0 Å². The summed E-state index contributed by atoms with van der Waals surface area (Å²) >= 11 is 0. The SMILES string of the molecule is COCCOCCCCNC(C)c1nccn1C. The van der Waals surface area contributed by atoms with Gasteiger partial charge < -0.3 is 19.4 Å². The second-order valence-electron chi connectivity index (χ2n) is 4.38. The van der Waals surface area contributed by atoms with E-state index in [1.165, 1.54) is 0 Å². The molecular formula is C13H25N3O2. The van der Waals surface area contributed by atoms with Crippen molar-refractivity contribution in [3.63, 3.8) is 0 Å². The largest absolute Gasteiger partial charge is 0.382 e. The monoisotopic (exact) mass is 255 g/mol. The van der Waals surface area contributed by atoms with Crippen LogP contribution in [0.4, 0.5) is 0 Å². The maximum absolute atomic E-state index is 5.40. The molecule has 5 nitrogen and oxygen atoms in total. The van der Waals surface area contributed by atoms with Crippen molar-refractivity contribution < 1.29 is 9.47 Å². The maximum atomic E-state index is 5.40. The van der Waals surface area contributed by atoms with Crippen molar-refractivity contribution in [2.45, 2.75) is 25.8 Å². The molecule has 1 rings (SSSR count). The highest BCUT2D eigenvalue weighted by Gasteiger charge is 2.08. The van der Waals surface area contributed by atoms with Crippen LogP contribution in [-0.2, 0) is 16.5 Å². The van der Waals surface area contributed by atoms with E-state index in [1.807, 2.05) is 24.0 Å². The number of unbranched alkanes of at least 4 members (excludes halogenated alkanes) is 1. The Bertz CT molecular complexity index is 315. The summed E-state index contributed by atoms with van der Waals surface area (Å²) in [6.45, 7) is 5.29. The number of hydrogen-bond donors (Lipinski definition) is 1. The molecule has 104 valence electrons. The molecule has 1 unspecified atom stereocenters. The van der Waals surface area contributed by atoms with Crippen molar-refractivity contribution in [3.8, 4) is 0 Å². The molecule has 1 N–H and O–H groups in total. The highest BCUT2D eigenvalue weighted by atomic mass is 16.5. The third-order valence-electron chi connectivity index (χ3n) is 2.84. The zero-order valence-corrected chi connectivity index (χ0v) is 11.7. The van der Waals surface area contributed by atoms with E-state index in [2.05, 4.69) is 17.2 Å². The topological polar surface area (TPSA) is 48.3 Å². The van der Waals surface area contributed by atoms with Gasteiger partial charge in [0.05, 0.1) is 19.3 Å². The molecule has 0 radical (unpaired) electrons. The fraction of sp³-hybridized carbons (Fsp3) is 0.769. The van der Waals surface area contributed by atoms with E-state index < -0.39 is 0 Å². The standard InChI is InChI=1S/C13H25N3O2/c1-12(13-15-7-8-16(13)2)14-6-4-5-9-18-11-10-17-3/h7-8,12,14H,4-6,9-11H2,1-3H3. The van der Waals surface area contributed by atoms with Gasteiger partial charge >= 0.3 is 0 Å². The second-order valence-corrected chi connectivity index (χ2v) is 4.38. The lowest BCUT2D eigenvalue weighted by atomic mass is 10.2. The summed E-state index contributed by atoms with van der Waals surface area (Å²) in [7, 11) is 3.70. The average Bonchev–Trinajstić information content (AvgIpc) is 2.79. The highest BCUT2D eigenvalue weighted by Crippen LogP contribution is 2.08. The minimum absolute atomic E-state index is 0.291. The number of imidazole rings is 1. The number of hydrogen-bond acceptors (Lipinski definition) is 4. The van der Waals surface area contributed by atoms with Gasteiger partial charge in [-0.25, -0.2) is 4.98 Å². The van der Waals surface area contributed by atoms with Crippen LogP contribution in [0.15, 0.2) is 12.4 Å². The third kappa shape index (κ3) is 5.62. The Morgan fingerprint density at radius 2 is 2.17 bits per heavy atom. The number of nitrogens with one attached hydrogen (secondary N) is 1. The van der Waals surface area contributed by atoms with Gasteiger partial charge in [0.1, 0.15) is 5.82 Å². The Balaban J connectivity index is 1.99. The molecule has 5 heteroatoms.